The van der Waals surface area contributed by atoms with Gasteiger partial charge in [0.1, 0.15) is 12.1 Å². The van der Waals surface area contributed by atoms with Crippen molar-refractivity contribution >= 4 is 23.8 Å². The molecule has 1 heterocycles. The molecule has 0 radical (unpaired) electrons. The van der Waals surface area contributed by atoms with Crippen LogP contribution in [0.1, 0.15) is 34.1 Å². The Kier molecular flexibility index (Phi) is 16.7. The molecule has 1 aliphatic rings. The number of hydrogen-bond donors (Lipinski definition) is 5. The van der Waals surface area contributed by atoms with Gasteiger partial charge in [-0.1, -0.05) is 45.9 Å². The summed E-state index contributed by atoms with van der Waals surface area (Å²) in [6, 6.07) is -2.73. The lowest BCUT2D eigenvalue weighted by Gasteiger charge is -2.26. The summed E-state index contributed by atoms with van der Waals surface area (Å²) < 4.78 is 15.6. The first-order valence-corrected chi connectivity index (χ1v) is 13.1. The molecule has 12 heteroatoms. The molecule has 0 aromatic heterocycles. The Bertz CT molecular complexity index is 801. The number of carbonyl (C=O) groups is 4. The van der Waals surface area contributed by atoms with E-state index in [4.69, 9.17) is 14.2 Å². The molecule has 38 heavy (non-hydrogen) atoms. The third-order valence-electron chi connectivity index (χ3n) is 5.57. The van der Waals surface area contributed by atoms with E-state index in [0.29, 0.717) is 46.0 Å². The average molecular weight is 540 g/mol. The van der Waals surface area contributed by atoms with E-state index in [1.165, 1.54) is 6.08 Å². The Morgan fingerprint density at radius 3 is 2.37 bits per heavy atom. The van der Waals surface area contributed by atoms with Gasteiger partial charge in [0.25, 0.3) is 0 Å². The molecule has 12 nitrogen and oxygen atoms in total. The van der Waals surface area contributed by atoms with Crippen LogP contribution in [0.25, 0.3) is 0 Å². The first-order chi connectivity index (χ1) is 18.1. The van der Waals surface area contributed by atoms with Crippen LogP contribution in [0.4, 0.5) is 4.79 Å². The Balaban J connectivity index is 2.66. The van der Waals surface area contributed by atoms with Crippen LogP contribution in [0, 0.1) is 11.8 Å². The zero-order valence-electron chi connectivity index (χ0n) is 23.2. The van der Waals surface area contributed by atoms with Crippen molar-refractivity contribution in [3.05, 3.63) is 24.3 Å². The van der Waals surface area contributed by atoms with Crippen LogP contribution in [0.2, 0.25) is 0 Å². The van der Waals surface area contributed by atoms with Gasteiger partial charge in [0, 0.05) is 32.3 Å². The van der Waals surface area contributed by atoms with Gasteiger partial charge >= 0.3 is 6.03 Å². The highest BCUT2D eigenvalue weighted by molar-refractivity contribution is 5.93. The van der Waals surface area contributed by atoms with Gasteiger partial charge in [-0.2, -0.15) is 0 Å². The predicted molar refractivity (Wildman–Crippen MR) is 143 cm³/mol. The van der Waals surface area contributed by atoms with Crippen molar-refractivity contribution in [3.8, 4) is 0 Å². The lowest BCUT2D eigenvalue weighted by atomic mass is 10.0. The van der Waals surface area contributed by atoms with Crippen LogP contribution in [0.3, 0.4) is 0 Å². The standard InChI is InChI=1S/C26H45N5O7/c1-18(2)20-9-10-22(32)27-11-7-6-8-21(24(33)29-20)30-25(34)23(19(3)4)31-26(35)28-12-13-37-16-17-38-15-14-36-5/h6,8-10,18-21,23H,7,11-17H2,1-5H3,(H,27,32)(H,29,33)(H,30,34)(H2,28,31,35)/b8-6-,10-9+/t20-,21?,23+/m1/s1. The van der Waals surface area contributed by atoms with Gasteiger partial charge in [0.15, 0.2) is 0 Å². The molecule has 1 rings (SSSR count). The minimum atomic E-state index is -0.946. The minimum Gasteiger partial charge on any atom is -0.382 e. The second kappa shape index (κ2) is 19.2. The first kappa shape index (κ1) is 33.1. The third-order valence-corrected chi connectivity index (χ3v) is 5.57. The van der Waals surface area contributed by atoms with Crippen molar-refractivity contribution in [1.82, 2.24) is 26.6 Å². The Labute approximate surface area is 225 Å². The second-order valence-corrected chi connectivity index (χ2v) is 9.47. The number of urea groups is 1. The molecule has 1 unspecified atom stereocenters. The number of nitrogens with one attached hydrogen (secondary N) is 5. The third kappa shape index (κ3) is 14.1. The molecule has 1 aliphatic heterocycles. The van der Waals surface area contributed by atoms with E-state index in [9.17, 15) is 19.2 Å². The largest absolute Gasteiger partial charge is 0.382 e. The summed E-state index contributed by atoms with van der Waals surface area (Å²) >= 11 is 0. The summed E-state index contributed by atoms with van der Waals surface area (Å²) in [6.07, 6.45) is 6.86. The van der Waals surface area contributed by atoms with Crippen LogP contribution >= 0.6 is 0 Å². The summed E-state index contributed by atoms with van der Waals surface area (Å²) in [7, 11) is 1.60. The fourth-order valence-electron chi connectivity index (χ4n) is 3.32. The van der Waals surface area contributed by atoms with Crippen LogP contribution in [-0.2, 0) is 28.6 Å². The SMILES string of the molecule is COCCOCCOCCNC(=O)N[C@H](C(=O)NC1/C=C\CCNC(=O)/C=C/[C@H](C(C)C)NC1=O)C(C)C. The van der Waals surface area contributed by atoms with Crippen molar-refractivity contribution in [1.29, 1.82) is 0 Å². The van der Waals surface area contributed by atoms with Crippen molar-refractivity contribution in [2.75, 3.05) is 53.2 Å². The maximum atomic E-state index is 13.1. The maximum absolute atomic E-state index is 13.1. The quantitative estimate of drug-likeness (QED) is 0.156. The van der Waals surface area contributed by atoms with E-state index in [1.807, 2.05) is 13.8 Å². The molecular formula is C26H45N5O7. The van der Waals surface area contributed by atoms with Gasteiger partial charge in [-0.25, -0.2) is 4.79 Å². The summed E-state index contributed by atoms with van der Waals surface area (Å²) in [5.41, 5.74) is 0. The van der Waals surface area contributed by atoms with E-state index < -0.39 is 36.0 Å². The number of rotatable bonds is 14. The average Bonchev–Trinajstić information content (AvgIpc) is 2.86. The smallest absolute Gasteiger partial charge is 0.315 e. The number of carbonyl (C=O) groups excluding carboxylic acids is 4. The fraction of sp³-hybridized carbons (Fsp3) is 0.692. The zero-order chi connectivity index (χ0) is 28.3. The van der Waals surface area contributed by atoms with E-state index in [2.05, 4.69) is 26.6 Å². The van der Waals surface area contributed by atoms with Gasteiger partial charge in [0.05, 0.1) is 33.0 Å². The predicted octanol–water partition coefficient (Wildman–Crippen LogP) is 0.248. The lowest BCUT2D eigenvalue weighted by Crippen LogP contribution is -2.57. The number of hydrogen-bond acceptors (Lipinski definition) is 7. The summed E-state index contributed by atoms with van der Waals surface area (Å²) in [4.78, 5) is 50.4. The van der Waals surface area contributed by atoms with Crippen molar-refractivity contribution in [2.24, 2.45) is 11.8 Å². The fourth-order valence-corrected chi connectivity index (χ4v) is 3.32. The monoisotopic (exact) mass is 539 g/mol. The molecule has 0 spiro atoms. The van der Waals surface area contributed by atoms with Crippen LogP contribution in [-0.4, -0.2) is 95.1 Å². The van der Waals surface area contributed by atoms with E-state index in [1.54, 1.807) is 39.2 Å². The molecule has 0 saturated carbocycles. The Hall–Kier alpha value is -2.96. The molecule has 0 aliphatic carbocycles. The summed E-state index contributed by atoms with van der Waals surface area (Å²) in [6.45, 7) is 10.2. The number of amides is 5. The topological polar surface area (TPSA) is 156 Å². The molecule has 3 atom stereocenters. The van der Waals surface area contributed by atoms with Gasteiger partial charge in [-0.05, 0) is 18.3 Å². The molecule has 5 amide bonds. The van der Waals surface area contributed by atoms with Gasteiger partial charge in [0.2, 0.25) is 17.7 Å². The van der Waals surface area contributed by atoms with E-state index >= 15 is 0 Å². The maximum Gasteiger partial charge on any atom is 0.315 e. The van der Waals surface area contributed by atoms with Crippen molar-refractivity contribution in [2.45, 2.75) is 52.2 Å². The van der Waals surface area contributed by atoms with Crippen LogP contribution in [0.5, 0.6) is 0 Å². The number of ether oxygens (including phenoxy) is 3. The molecule has 216 valence electrons. The molecule has 0 aromatic rings. The van der Waals surface area contributed by atoms with Crippen molar-refractivity contribution < 1.29 is 33.4 Å². The van der Waals surface area contributed by atoms with E-state index in [0.717, 1.165) is 0 Å². The van der Waals surface area contributed by atoms with Crippen molar-refractivity contribution in [3.63, 3.8) is 0 Å². The molecule has 0 saturated heterocycles. The van der Waals surface area contributed by atoms with Gasteiger partial charge in [-0.3, -0.25) is 14.4 Å². The molecule has 0 bridgehead atoms. The highest BCUT2D eigenvalue weighted by atomic mass is 16.5. The second-order valence-electron chi connectivity index (χ2n) is 9.47. The first-order valence-electron chi connectivity index (χ1n) is 13.1. The Morgan fingerprint density at radius 1 is 1.03 bits per heavy atom. The lowest BCUT2D eigenvalue weighted by molar-refractivity contribution is -0.129. The summed E-state index contributed by atoms with van der Waals surface area (Å²) in [5.74, 6) is -1.34. The number of methoxy groups -OCH3 is 1. The molecule has 0 fully saturated rings. The van der Waals surface area contributed by atoms with Crippen LogP contribution < -0.4 is 26.6 Å². The molecular weight excluding hydrogens is 494 g/mol. The van der Waals surface area contributed by atoms with E-state index in [-0.39, 0.29) is 24.3 Å². The minimum absolute atomic E-state index is 0.0206. The molecule has 0 aromatic carbocycles. The summed E-state index contributed by atoms with van der Waals surface area (Å²) in [5, 5.41) is 13.7. The highest BCUT2D eigenvalue weighted by Crippen LogP contribution is 2.07. The van der Waals surface area contributed by atoms with Gasteiger partial charge < -0.3 is 40.8 Å². The Morgan fingerprint density at radius 2 is 1.71 bits per heavy atom. The van der Waals surface area contributed by atoms with Crippen LogP contribution in [0.15, 0.2) is 24.3 Å². The van der Waals surface area contributed by atoms with Gasteiger partial charge in [-0.15, -0.1) is 0 Å². The highest BCUT2D eigenvalue weighted by Gasteiger charge is 2.28. The zero-order valence-corrected chi connectivity index (χ0v) is 23.2. The molecule has 5 N–H and O–H groups in total. The normalized spacial score (nSPS) is 20.9.